The Kier molecular flexibility index (Phi) is 3.72. The molecule has 0 spiro atoms. The molecule has 1 fully saturated rings. The first-order valence-corrected chi connectivity index (χ1v) is 7.95. The Morgan fingerprint density at radius 3 is 2.55 bits per heavy atom. The van der Waals surface area contributed by atoms with E-state index in [4.69, 9.17) is 0 Å². The molecule has 20 heavy (non-hydrogen) atoms. The van der Waals surface area contributed by atoms with E-state index in [9.17, 15) is 9.90 Å². The van der Waals surface area contributed by atoms with Crippen LogP contribution in [0.25, 0.3) is 0 Å². The van der Waals surface area contributed by atoms with Crippen molar-refractivity contribution in [3.8, 4) is 0 Å². The quantitative estimate of drug-likeness (QED) is 0.933. The highest BCUT2D eigenvalue weighted by Gasteiger charge is 2.45. The second-order valence-electron chi connectivity index (χ2n) is 5.37. The number of carbonyl (C=O) groups excluding carboxylic acids is 1. The minimum Gasteiger partial charge on any atom is -0.379 e. The first-order chi connectivity index (χ1) is 9.73. The minimum atomic E-state index is -1.17. The fourth-order valence-electron chi connectivity index (χ4n) is 3.13. The van der Waals surface area contributed by atoms with Gasteiger partial charge in [0.15, 0.2) is 0 Å². The van der Waals surface area contributed by atoms with E-state index >= 15 is 0 Å². The van der Waals surface area contributed by atoms with E-state index in [1.165, 1.54) is 11.3 Å². The van der Waals surface area contributed by atoms with Crippen LogP contribution in [-0.2, 0) is 10.4 Å². The lowest BCUT2D eigenvalue weighted by Gasteiger charge is -2.37. The number of aliphatic hydroxyl groups is 1. The van der Waals surface area contributed by atoms with Gasteiger partial charge >= 0.3 is 0 Å². The molecule has 1 saturated carbocycles. The third kappa shape index (κ3) is 2.21. The Labute approximate surface area is 123 Å². The van der Waals surface area contributed by atoms with Gasteiger partial charge in [-0.1, -0.05) is 42.8 Å². The van der Waals surface area contributed by atoms with Crippen LogP contribution < -0.4 is 0 Å². The predicted molar refractivity (Wildman–Crippen MR) is 80.7 cm³/mol. The molecular weight excluding hydrogens is 268 g/mol. The lowest BCUT2D eigenvalue weighted by Crippen LogP contribution is -2.41. The molecule has 0 amide bonds. The molecule has 1 N–H and O–H groups in total. The van der Waals surface area contributed by atoms with Gasteiger partial charge in [0, 0.05) is 11.3 Å². The van der Waals surface area contributed by atoms with Crippen molar-refractivity contribution in [2.24, 2.45) is 5.92 Å². The van der Waals surface area contributed by atoms with Crippen molar-refractivity contribution >= 4 is 17.1 Å². The number of thiophene rings is 1. The first-order valence-electron chi connectivity index (χ1n) is 7.07. The van der Waals surface area contributed by atoms with Gasteiger partial charge in [0.2, 0.25) is 0 Å². The fourth-order valence-corrected chi connectivity index (χ4v) is 4.03. The molecular formula is C17H18O2S. The molecule has 2 atom stereocenters. The van der Waals surface area contributed by atoms with Gasteiger partial charge < -0.3 is 5.11 Å². The number of hydrogen-bond acceptors (Lipinski definition) is 3. The van der Waals surface area contributed by atoms with Gasteiger partial charge in [-0.15, -0.1) is 11.3 Å². The molecule has 0 bridgehead atoms. The molecule has 1 aromatic heterocycles. The zero-order valence-corrected chi connectivity index (χ0v) is 12.1. The molecule has 0 radical (unpaired) electrons. The minimum absolute atomic E-state index is 0.191. The summed E-state index contributed by atoms with van der Waals surface area (Å²) >= 11 is 1.52. The number of rotatable bonds is 3. The molecule has 0 aliphatic heterocycles. The molecule has 1 aromatic carbocycles. The Morgan fingerprint density at radius 1 is 1.10 bits per heavy atom. The molecule has 2 aromatic rings. The van der Waals surface area contributed by atoms with Crippen LogP contribution in [0.15, 0.2) is 47.8 Å². The lowest BCUT2D eigenvalue weighted by atomic mass is 9.72. The number of carbonyl (C=O) groups is 1. The molecule has 104 valence electrons. The summed E-state index contributed by atoms with van der Waals surface area (Å²) in [6, 6.07) is 13.5. The maximum absolute atomic E-state index is 12.4. The number of hydrogen-bond donors (Lipinski definition) is 1. The van der Waals surface area contributed by atoms with Crippen molar-refractivity contribution in [2.45, 2.75) is 31.3 Å². The van der Waals surface area contributed by atoms with E-state index < -0.39 is 5.60 Å². The van der Waals surface area contributed by atoms with E-state index in [1.54, 1.807) is 0 Å². The number of benzene rings is 1. The van der Waals surface area contributed by atoms with E-state index in [0.29, 0.717) is 6.42 Å². The Hall–Kier alpha value is -1.45. The third-order valence-electron chi connectivity index (χ3n) is 4.17. The molecule has 2 unspecified atom stereocenters. The molecule has 2 nitrogen and oxygen atoms in total. The highest BCUT2D eigenvalue weighted by atomic mass is 32.1. The molecule has 3 rings (SSSR count). The topological polar surface area (TPSA) is 37.3 Å². The van der Waals surface area contributed by atoms with Crippen molar-refractivity contribution in [1.29, 1.82) is 0 Å². The predicted octanol–water partition coefficient (Wildman–Crippen LogP) is 3.74. The summed E-state index contributed by atoms with van der Waals surface area (Å²) < 4.78 is 0. The van der Waals surface area contributed by atoms with Gasteiger partial charge in [0.1, 0.15) is 11.4 Å². The van der Waals surface area contributed by atoms with Crippen LogP contribution in [0.5, 0.6) is 0 Å². The largest absolute Gasteiger partial charge is 0.379 e. The summed E-state index contributed by atoms with van der Waals surface area (Å²) in [6.45, 7) is 0. The number of Topliss-reactive ketones (excluding diaryl/α,β-unsaturated/α-hetero) is 1. The van der Waals surface area contributed by atoms with Crippen molar-refractivity contribution in [3.63, 3.8) is 0 Å². The van der Waals surface area contributed by atoms with Crippen molar-refractivity contribution in [1.82, 2.24) is 0 Å². The van der Waals surface area contributed by atoms with Crippen LogP contribution in [0.3, 0.4) is 0 Å². The van der Waals surface area contributed by atoms with Gasteiger partial charge in [0.05, 0.1) is 5.92 Å². The standard InChI is InChI=1S/C17H18O2S/c18-15-10-5-4-9-14(15)17(19,16-11-6-12-20-16)13-7-2-1-3-8-13/h1-3,6-8,11-12,14,19H,4-5,9-10H2. The maximum Gasteiger partial charge on any atom is 0.139 e. The monoisotopic (exact) mass is 286 g/mol. The Bertz CT molecular complexity index is 576. The van der Waals surface area contributed by atoms with E-state index in [-0.39, 0.29) is 11.7 Å². The molecule has 1 aliphatic rings. The van der Waals surface area contributed by atoms with Gasteiger partial charge in [0.25, 0.3) is 0 Å². The summed E-state index contributed by atoms with van der Waals surface area (Å²) in [5, 5.41) is 13.4. The lowest BCUT2D eigenvalue weighted by molar-refractivity contribution is -0.133. The summed E-state index contributed by atoms with van der Waals surface area (Å²) in [4.78, 5) is 13.2. The summed E-state index contributed by atoms with van der Waals surface area (Å²) in [6.07, 6.45) is 3.31. The zero-order valence-electron chi connectivity index (χ0n) is 11.3. The zero-order chi connectivity index (χ0) is 14.0. The molecule has 1 aliphatic carbocycles. The first kappa shape index (κ1) is 13.5. The van der Waals surface area contributed by atoms with Crippen molar-refractivity contribution in [3.05, 3.63) is 58.3 Å². The van der Waals surface area contributed by atoms with Crippen LogP contribution in [0.2, 0.25) is 0 Å². The van der Waals surface area contributed by atoms with Crippen LogP contribution in [-0.4, -0.2) is 10.9 Å². The number of ketones is 1. The average molecular weight is 286 g/mol. The van der Waals surface area contributed by atoms with Crippen molar-refractivity contribution in [2.75, 3.05) is 0 Å². The highest BCUT2D eigenvalue weighted by Crippen LogP contribution is 2.43. The Morgan fingerprint density at radius 2 is 1.90 bits per heavy atom. The highest BCUT2D eigenvalue weighted by molar-refractivity contribution is 7.10. The summed E-state index contributed by atoms with van der Waals surface area (Å²) in [7, 11) is 0. The van der Waals surface area contributed by atoms with Crippen LogP contribution in [0.4, 0.5) is 0 Å². The molecule has 3 heteroatoms. The maximum atomic E-state index is 12.4. The SMILES string of the molecule is O=C1CCCCC1C(O)(c1ccccc1)c1cccs1. The summed E-state index contributed by atoms with van der Waals surface area (Å²) in [5.41, 5.74) is -0.352. The fraction of sp³-hybridized carbons (Fsp3) is 0.353. The van der Waals surface area contributed by atoms with Crippen LogP contribution >= 0.6 is 11.3 Å². The average Bonchev–Trinajstić information content (AvgIpc) is 3.03. The van der Waals surface area contributed by atoms with Crippen molar-refractivity contribution < 1.29 is 9.90 Å². The van der Waals surface area contributed by atoms with Gasteiger partial charge in [-0.05, 0) is 29.9 Å². The second kappa shape index (κ2) is 5.51. The van der Waals surface area contributed by atoms with E-state index in [2.05, 4.69) is 0 Å². The van der Waals surface area contributed by atoms with E-state index in [1.807, 2.05) is 47.8 Å². The second-order valence-corrected chi connectivity index (χ2v) is 6.32. The van der Waals surface area contributed by atoms with Gasteiger partial charge in [-0.25, -0.2) is 0 Å². The van der Waals surface area contributed by atoms with Gasteiger partial charge in [-0.2, -0.15) is 0 Å². The normalized spacial score (nSPS) is 22.4. The molecule has 1 heterocycles. The van der Waals surface area contributed by atoms with Crippen LogP contribution in [0.1, 0.15) is 36.1 Å². The van der Waals surface area contributed by atoms with E-state index in [0.717, 1.165) is 29.7 Å². The van der Waals surface area contributed by atoms with Crippen LogP contribution in [0, 0.1) is 5.92 Å². The van der Waals surface area contributed by atoms with Gasteiger partial charge in [-0.3, -0.25) is 4.79 Å². The smallest absolute Gasteiger partial charge is 0.139 e. The Balaban J connectivity index is 2.11. The third-order valence-corrected chi connectivity index (χ3v) is 5.16. The molecule has 0 saturated heterocycles. The summed E-state index contributed by atoms with van der Waals surface area (Å²) in [5.74, 6) is -0.131.